The van der Waals surface area contributed by atoms with E-state index >= 15 is 0 Å². The summed E-state index contributed by atoms with van der Waals surface area (Å²) in [6, 6.07) is 3.55. The van der Waals surface area contributed by atoms with Crippen molar-refractivity contribution in [1.29, 1.82) is 0 Å². The summed E-state index contributed by atoms with van der Waals surface area (Å²) in [6.07, 6.45) is 1.49. The predicted molar refractivity (Wildman–Crippen MR) is 74.6 cm³/mol. The van der Waals surface area contributed by atoms with E-state index in [9.17, 15) is 8.78 Å². The van der Waals surface area contributed by atoms with Gasteiger partial charge in [0.1, 0.15) is 11.6 Å². The van der Waals surface area contributed by atoms with Crippen LogP contribution < -0.4 is 5.32 Å². The first-order valence-electron chi connectivity index (χ1n) is 7.04. The van der Waals surface area contributed by atoms with Gasteiger partial charge in [-0.3, -0.25) is 0 Å². The van der Waals surface area contributed by atoms with Crippen molar-refractivity contribution in [2.75, 3.05) is 6.54 Å². The summed E-state index contributed by atoms with van der Waals surface area (Å²) in [4.78, 5) is 0. The Morgan fingerprint density at radius 3 is 2.62 bits per heavy atom. The van der Waals surface area contributed by atoms with E-state index in [0.717, 1.165) is 24.9 Å². The molecule has 114 valence electrons. The Bertz CT molecular complexity index is 564. The highest BCUT2D eigenvalue weighted by atomic mass is 19.1. The Balaban J connectivity index is 2.02. The quantitative estimate of drug-likeness (QED) is 0.851. The second kappa shape index (κ2) is 7.21. The lowest BCUT2D eigenvalue weighted by Crippen LogP contribution is -2.23. The SMILES string of the molecule is CCCNC(C)c1nnnn1CCc1cc(F)cc(F)c1. The third-order valence-corrected chi connectivity index (χ3v) is 3.18. The van der Waals surface area contributed by atoms with Gasteiger partial charge in [0.25, 0.3) is 0 Å². The molecule has 0 bridgehead atoms. The summed E-state index contributed by atoms with van der Waals surface area (Å²) in [7, 11) is 0. The molecule has 0 saturated heterocycles. The van der Waals surface area contributed by atoms with Crippen LogP contribution in [-0.4, -0.2) is 26.8 Å². The molecule has 7 heteroatoms. The molecule has 0 radical (unpaired) electrons. The minimum atomic E-state index is -0.570. The van der Waals surface area contributed by atoms with Crippen LogP contribution in [0.4, 0.5) is 8.78 Å². The minimum absolute atomic E-state index is 0.0317. The lowest BCUT2D eigenvalue weighted by atomic mass is 10.1. The Hall–Kier alpha value is -1.89. The second-order valence-electron chi connectivity index (χ2n) is 4.96. The summed E-state index contributed by atoms with van der Waals surface area (Å²) >= 11 is 0. The van der Waals surface area contributed by atoms with Crippen LogP contribution in [0.1, 0.15) is 37.7 Å². The average Bonchev–Trinajstić information content (AvgIpc) is 2.90. The molecule has 2 rings (SSSR count). The van der Waals surface area contributed by atoms with Crippen molar-refractivity contribution >= 4 is 0 Å². The highest BCUT2D eigenvalue weighted by Gasteiger charge is 2.13. The largest absolute Gasteiger partial charge is 0.307 e. The van der Waals surface area contributed by atoms with Crippen LogP contribution in [0, 0.1) is 11.6 Å². The maximum absolute atomic E-state index is 13.1. The van der Waals surface area contributed by atoms with E-state index in [2.05, 4.69) is 27.8 Å². The van der Waals surface area contributed by atoms with E-state index in [4.69, 9.17) is 0 Å². The number of nitrogens with zero attached hydrogens (tertiary/aromatic N) is 4. The van der Waals surface area contributed by atoms with Crippen molar-refractivity contribution in [3.05, 3.63) is 41.2 Å². The number of halogens is 2. The Kier molecular flexibility index (Phi) is 5.32. The first-order chi connectivity index (χ1) is 10.1. The number of aromatic nitrogens is 4. The van der Waals surface area contributed by atoms with Gasteiger partial charge in [-0.2, -0.15) is 0 Å². The third kappa shape index (κ3) is 4.29. The van der Waals surface area contributed by atoms with E-state index in [1.165, 1.54) is 12.1 Å². The zero-order valence-corrected chi connectivity index (χ0v) is 12.2. The molecule has 1 heterocycles. The molecule has 1 aromatic heterocycles. The molecule has 0 aliphatic rings. The maximum Gasteiger partial charge on any atom is 0.167 e. The fourth-order valence-corrected chi connectivity index (χ4v) is 2.12. The number of nitrogens with one attached hydrogen (secondary N) is 1. The molecule has 21 heavy (non-hydrogen) atoms. The molecule has 1 atom stereocenters. The van der Waals surface area contributed by atoms with E-state index in [1.807, 2.05) is 6.92 Å². The number of benzene rings is 1. The van der Waals surface area contributed by atoms with Crippen LogP contribution in [0.15, 0.2) is 18.2 Å². The lowest BCUT2D eigenvalue weighted by Gasteiger charge is -2.12. The van der Waals surface area contributed by atoms with Crippen molar-refractivity contribution in [2.45, 2.75) is 39.3 Å². The van der Waals surface area contributed by atoms with Gasteiger partial charge in [-0.25, -0.2) is 13.5 Å². The third-order valence-electron chi connectivity index (χ3n) is 3.18. The van der Waals surface area contributed by atoms with Crippen molar-refractivity contribution in [3.8, 4) is 0 Å². The normalized spacial score (nSPS) is 12.6. The van der Waals surface area contributed by atoms with Gasteiger partial charge in [0, 0.05) is 12.6 Å². The van der Waals surface area contributed by atoms with E-state index in [1.54, 1.807) is 4.68 Å². The standard InChI is InChI=1S/C14H19F2N5/c1-3-5-17-10(2)14-18-19-20-21(14)6-4-11-7-12(15)9-13(16)8-11/h7-10,17H,3-6H2,1-2H3. The lowest BCUT2D eigenvalue weighted by molar-refractivity contribution is 0.485. The zero-order chi connectivity index (χ0) is 15.2. The van der Waals surface area contributed by atoms with E-state index in [0.29, 0.717) is 18.5 Å². The van der Waals surface area contributed by atoms with Gasteiger partial charge in [0.15, 0.2) is 5.82 Å². The molecule has 0 saturated carbocycles. The molecule has 0 spiro atoms. The first kappa shape index (κ1) is 15.5. The number of hydrogen-bond acceptors (Lipinski definition) is 4. The number of aryl methyl sites for hydroxylation is 2. The fraction of sp³-hybridized carbons (Fsp3) is 0.500. The monoisotopic (exact) mass is 295 g/mol. The predicted octanol–water partition coefficient (Wildman–Crippen LogP) is 2.25. The number of rotatable bonds is 7. The van der Waals surface area contributed by atoms with Crippen LogP contribution in [-0.2, 0) is 13.0 Å². The molecule has 0 aliphatic heterocycles. The highest BCUT2D eigenvalue weighted by molar-refractivity contribution is 5.17. The number of tetrazole rings is 1. The van der Waals surface area contributed by atoms with Crippen LogP contribution in [0.3, 0.4) is 0 Å². The molecule has 1 unspecified atom stereocenters. The van der Waals surface area contributed by atoms with Crippen LogP contribution in [0.5, 0.6) is 0 Å². The molecule has 0 aliphatic carbocycles. The molecule has 2 aromatic rings. The van der Waals surface area contributed by atoms with Crippen molar-refractivity contribution in [3.63, 3.8) is 0 Å². The first-order valence-corrected chi connectivity index (χ1v) is 7.04. The Morgan fingerprint density at radius 1 is 1.24 bits per heavy atom. The molecular weight excluding hydrogens is 276 g/mol. The Labute approximate surface area is 122 Å². The van der Waals surface area contributed by atoms with Crippen LogP contribution in [0.25, 0.3) is 0 Å². The van der Waals surface area contributed by atoms with Gasteiger partial charge in [-0.1, -0.05) is 6.92 Å². The average molecular weight is 295 g/mol. The molecule has 0 amide bonds. The summed E-state index contributed by atoms with van der Waals surface area (Å²) < 4.78 is 27.9. The highest BCUT2D eigenvalue weighted by Crippen LogP contribution is 2.11. The van der Waals surface area contributed by atoms with Crippen LogP contribution >= 0.6 is 0 Å². The Morgan fingerprint density at radius 2 is 1.95 bits per heavy atom. The van der Waals surface area contributed by atoms with Crippen molar-refractivity contribution in [1.82, 2.24) is 25.5 Å². The summed E-state index contributed by atoms with van der Waals surface area (Å²) in [6.45, 7) is 5.42. The maximum atomic E-state index is 13.1. The topological polar surface area (TPSA) is 55.6 Å². The van der Waals surface area contributed by atoms with Gasteiger partial charge in [-0.05, 0) is 54.4 Å². The molecule has 1 N–H and O–H groups in total. The summed E-state index contributed by atoms with van der Waals surface area (Å²) in [5, 5.41) is 14.9. The van der Waals surface area contributed by atoms with Gasteiger partial charge < -0.3 is 5.32 Å². The van der Waals surface area contributed by atoms with Crippen molar-refractivity contribution in [2.24, 2.45) is 0 Å². The van der Waals surface area contributed by atoms with Gasteiger partial charge in [0.05, 0.1) is 6.04 Å². The van der Waals surface area contributed by atoms with Crippen LogP contribution in [0.2, 0.25) is 0 Å². The van der Waals surface area contributed by atoms with Gasteiger partial charge >= 0.3 is 0 Å². The minimum Gasteiger partial charge on any atom is -0.307 e. The molecule has 0 fully saturated rings. The fourth-order valence-electron chi connectivity index (χ4n) is 2.12. The summed E-state index contributed by atoms with van der Waals surface area (Å²) in [5.74, 6) is -0.417. The van der Waals surface area contributed by atoms with Crippen molar-refractivity contribution < 1.29 is 8.78 Å². The van der Waals surface area contributed by atoms with Gasteiger partial charge in [0.2, 0.25) is 0 Å². The smallest absolute Gasteiger partial charge is 0.167 e. The summed E-state index contributed by atoms with van der Waals surface area (Å²) in [5.41, 5.74) is 0.586. The molecule has 1 aromatic carbocycles. The molecule has 5 nitrogen and oxygen atoms in total. The molecular formula is C14H19F2N5. The van der Waals surface area contributed by atoms with Gasteiger partial charge in [-0.15, -0.1) is 5.10 Å². The number of hydrogen-bond donors (Lipinski definition) is 1. The van der Waals surface area contributed by atoms with E-state index in [-0.39, 0.29) is 6.04 Å². The second-order valence-corrected chi connectivity index (χ2v) is 4.96. The zero-order valence-electron chi connectivity index (χ0n) is 12.2. The van der Waals surface area contributed by atoms with E-state index < -0.39 is 11.6 Å².